The third kappa shape index (κ3) is 3.79. The summed E-state index contributed by atoms with van der Waals surface area (Å²) >= 11 is 0. The maximum absolute atomic E-state index is 10.9. The van der Waals surface area contributed by atoms with Crippen molar-refractivity contribution in [2.45, 2.75) is 52.1 Å². The van der Waals surface area contributed by atoms with E-state index in [1.54, 1.807) is 6.33 Å². The highest BCUT2D eigenvalue weighted by atomic mass is 16.4. The molecule has 1 saturated carbocycles. The Kier molecular flexibility index (Phi) is 5.11. The Balaban J connectivity index is 1.72. The van der Waals surface area contributed by atoms with E-state index in [-0.39, 0.29) is 5.92 Å². The van der Waals surface area contributed by atoms with Gasteiger partial charge in [0.2, 0.25) is 0 Å². The van der Waals surface area contributed by atoms with Gasteiger partial charge in [0, 0.05) is 6.04 Å². The monoisotopic (exact) mass is 280 g/mol. The second-order valence-electron chi connectivity index (χ2n) is 5.90. The van der Waals surface area contributed by atoms with Gasteiger partial charge in [-0.2, -0.15) is 5.10 Å². The number of hydrogen-bond acceptors (Lipinski definition) is 4. The molecule has 0 aromatic carbocycles. The molecule has 0 radical (unpaired) electrons. The summed E-state index contributed by atoms with van der Waals surface area (Å²) in [6.45, 7) is 5.82. The minimum absolute atomic E-state index is 0.129. The summed E-state index contributed by atoms with van der Waals surface area (Å²) in [5, 5.41) is 16.6. The number of carboxylic acids is 1. The van der Waals surface area contributed by atoms with Crippen LogP contribution in [0.4, 0.5) is 0 Å². The average molecular weight is 280 g/mol. The normalized spacial score (nSPS) is 23.1. The van der Waals surface area contributed by atoms with Crippen molar-refractivity contribution in [1.82, 2.24) is 20.1 Å². The Labute approximate surface area is 119 Å². The fourth-order valence-corrected chi connectivity index (χ4v) is 2.83. The highest BCUT2D eigenvalue weighted by Crippen LogP contribution is 2.28. The molecule has 1 fully saturated rings. The van der Waals surface area contributed by atoms with Crippen LogP contribution in [0.15, 0.2) is 6.33 Å². The quantitative estimate of drug-likeness (QED) is 0.831. The molecule has 1 aromatic heterocycles. The zero-order valence-corrected chi connectivity index (χ0v) is 12.2. The van der Waals surface area contributed by atoms with E-state index >= 15 is 0 Å². The van der Waals surface area contributed by atoms with E-state index in [1.807, 2.05) is 4.68 Å². The summed E-state index contributed by atoms with van der Waals surface area (Å²) < 4.78 is 1.92. The second-order valence-corrected chi connectivity index (χ2v) is 5.90. The summed E-state index contributed by atoms with van der Waals surface area (Å²) in [6, 6.07) is 0.320. The van der Waals surface area contributed by atoms with Crippen molar-refractivity contribution in [2.24, 2.45) is 11.8 Å². The van der Waals surface area contributed by atoms with Crippen LogP contribution in [0.2, 0.25) is 0 Å². The van der Waals surface area contributed by atoms with E-state index in [0.717, 1.165) is 44.6 Å². The molecule has 20 heavy (non-hydrogen) atoms. The number of rotatable bonds is 6. The highest BCUT2D eigenvalue weighted by molar-refractivity contribution is 5.69. The molecule has 0 saturated heterocycles. The Morgan fingerprint density at radius 1 is 1.45 bits per heavy atom. The Morgan fingerprint density at radius 2 is 2.15 bits per heavy atom. The van der Waals surface area contributed by atoms with Crippen LogP contribution in [0.3, 0.4) is 0 Å². The van der Waals surface area contributed by atoms with Crippen LogP contribution in [0.25, 0.3) is 0 Å². The second kappa shape index (κ2) is 6.83. The average Bonchev–Trinajstić information content (AvgIpc) is 2.88. The van der Waals surface area contributed by atoms with Crippen molar-refractivity contribution >= 4 is 5.97 Å². The first kappa shape index (κ1) is 15.0. The molecule has 6 heteroatoms. The van der Waals surface area contributed by atoms with Gasteiger partial charge in [0.25, 0.3) is 0 Å². The van der Waals surface area contributed by atoms with Crippen molar-refractivity contribution < 1.29 is 9.90 Å². The van der Waals surface area contributed by atoms with Crippen molar-refractivity contribution in [3.8, 4) is 0 Å². The molecule has 0 bridgehead atoms. The van der Waals surface area contributed by atoms with Gasteiger partial charge in [0.1, 0.15) is 12.2 Å². The zero-order chi connectivity index (χ0) is 14.5. The van der Waals surface area contributed by atoms with Crippen LogP contribution in [-0.4, -0.2) is 32.4 Å². The van der Waals surface area contributed by atoms with E-state index in [9.17, 15) is 4.79 Å². The smallest absolute Gasteiger partial charge is 0.306 e. The van der Waals surface area contributed by atoms with Crippen molar-refractivity contribution in [3.05, 3.63) is 12.2 Å². The van der Waals surface area contributed by atoms with Crippen LogP contribution < -0.4 is 5.32 Å². The molecule has 0 spiro atoms. The molecular weight excluding hydrogens is 256 g/mol. The van der Waals surface area contributed by atoms with Crippen LogP contribution in [-0.2, 0) is 11.3 Å². The number of aromatic nitrogens is 3. The van der Waals surface area contributed by atoms with Gasteiger partial charge in [-0.3, -0.25) is 4.79 Å². The first-order chi connectivity index (χ1) is 9.58. The van der Waals surface area contributed by atoms with Gasteiger partial charge in [0.15, 0.2) is 0 Å². The van der Waals surface area contributed by atoms with Gasteiger partial charge < -0.3 is 10.4 Å². The van der Waals surface area contributed by atoms with E-state index in [4.69, 9.17) is 5.11 Å². The molecule has 2 rings (SSSR count). The largest absolute Gasteiger partial charge is 0.481 e. The molecule has 6 nitrogen and oxygen atoms in total. The van der Waals surface area contributed by atoms with Crippen molar-refractivity contribution in [2.75, 3.05) is 6.54 Å². The highest BCUT2D eigenvalue weighted by Gasteiger charge is 2.25. The number of nitrogens with one attached hydrogen (secondary N) is 1. The fourth-order valence-electron chi connectivity index (χ4n) is 2.83. The Hall–Kier alpha value is -1.43. The molecule has 0 atom stereocenters. The van der Waals surface area contributed by atoms with Gasteiger partial charge in [-0.25, -0.2) is 9.67 Å². The van der Waals surface area contributed by atoms with Gasteiger partial charge in [-0.05, 0) is 52.0 Å². The summed E-state index contributed by atoms with van der Waals surface area (Å²) in [6.07, 6.45) is 5.21. The number of aliphatic carboxylic acids is 1. The minimum Gasteiger partial charge on any atom is -0.481 e. The summed E-state index contributed by atoms with van der Waals surface area (Å²) in [5.74, 6) is 0.775. The predicted octanol–water partition coefficient (Wildman–Crippen LogP) is 1.84. The first-order valence-corrected chi connectivity index (χ1v) is 7.39. The Morgan fingerprint density at radius 3 is 2.75 bits per heavy atom. The Bertz CT molecular complexity index is 436. The van der Waals surface area contributed by atoms with Gasteiger partial charge in [-0.1, -0.05) is 0 Å². The van der Waals surface area contributed by atoms with E-state index in [2.05, 4.69) is 29.2 Å². The molecule has 1 aliphatic rings. The third-order valence-corrected chi connectivity index (χ3v) is 4.05. The third-order valence-electron chi connectivity index (χ3n) is 4.05. The molecule has 0 amide bonds. The maximum Gasteiger partial charge on any atom is 0.306 e. The lowest BCUT2D eigenvalue weighted by Crippen LogP contribution is -2.29. The van der Waals surface area contributed by atoms with Gasteiger partial charge in [-0.15, -0.1) is 0 Å². The molecule has 0 aliphatic heterocycles. The van der Waals surface area contributed by atoms with Crippen LogP contribution >= 0.6 is 0 Å². The van der Waals surface area contributed by atoms with E-state index in [0.29, 0.717) is 12.0 Å². The summed E-state index contributed by atoms with van der Waals surface area (Å²) in [7, 11) is 0. The SMILES string of the molecule is CC(C)n1ncnc1CNCC1CCC(C(=O)O)CC1. The maximum atomic E-state index is 10.9. The molecule has 2 N–H and O–H groups in total. The van der Waals surface area contributed by atoms with E-state index < -0.39 is 5.97 Å². The zero-order valence-electron chi connectivity index (χ0n) is 12.2. The lowest BCUT2D eigenvalue weighted by atomic mass is 9.82. The van der Waals surface area contributed by atoms with Gasteiger partial charge in [0.05, 0.1) is 12.5 Å². The summed E-state index contributed by atoms with van der Waals surface area (Å²) in [4.78, 5) is 15.2. The standard InChI is InChI=1S/C14H24N4O2/c1-10(2)18-13(16-9-17-18)8-15-7-11-3-5-12(6-4-11)14(19)20/h9-12,15H,3-8H2,1-2H3,(H,19,20). The van der Waals surface area contributed by atoms with Crippen molar-refractivity contribution in [3.63, 3.8) is 0 Å². The number of carboxylic acid groups (broad SMARTS) is 1. The first-order valence-electron chi connectivity index (χ1n) is 7.39. The molecule has 112 valence electrons. The lowest BCUT2D eigenvalue weighted by molar-refractivity contribution is -0.143. The molecule has 1 aromatic rings. The van der Waals surface area contributed by atoms with E-state index in [1.165, 1.54) is 0 Å². The predicted molar refractivity (Wildman–Crippen MR) is 75.2 cm³/mol. The molecule has 1 heterocycles. The molecule has 0 unspecified atom stereocenters. The van der Waals surface area contributed by atoms with Crippen molar-refractivity contribution in [1.29, 1.82) is 0 Å². The van der Waals surface area contributed by atoms with Crippen LogP contribution in [0, 0.1) is 11.8 Å². The lowest BCUT2D eigenvalue weighted by Gasteiger charge is -2.26. The van der Waals surface area contributed by atoms with Crippen LogP contribution in [0.1, 0.15) is 51.4 Å². The summed E-state index contributed by atoms with van der Waals surface area (Å²) in [5.41, 5.74) is 0. The number of nitrogens with zero attached hydrogens (tertiary/aromatic N) is 3. The fraction of sp³-hybridized carbons (Fsp3) is 0.786. The molecular formula is C14H24N4O2. The minimum atomic E-state index is -0.638. The number of carbonyl (C=O) groups is 1. The van der Waals surface area contributed by atoms with Gasteiger partial charge >= 0.3 is 5.97 Å². The number of hydrogen-bond donors (Lipinski definition) is 2. The topological polar surface area (TPSA) is 80.0 Å². The van der Waals surface area contributed by atoms with Crippen LogP contribution in [0.5, 0.6) is 0 Å². The molecule has 1 aliphatic carbocycles.